The zero-order valence-electron chi connectivity index (χ0n) is 24.8. The van der Waals surface area contributed by atoms with Gasteiger partial charge in [0.2, 0.25) is 0 Å². The first-order chi connectivity index (χ1) is 22.3. The average molecular weight is 575 g/mol. The molecule has 45 heavy (non-hydrogen) atoms. The number of hydrogen-bond acceptors (Lipinski definition) is 2. The van der Waals surface area contributed by atoms with Gasteiger partial charge in [0.25, 0.3) is 0 Å². The topological polar surface area (TPSA) is 25.8 Å². The Morgan fingerprint density at radius 3 is 1.58 bits per heavy atom. The van der Waals surface area contributed by atoms with Crippen molar-refractivity contribution in [2.24, 2.45) is 0 Å². The largest absolute Gasteiger partial charge is 0.264 e. The van der Waals surface area contributed by atoms with Crippen molar-refractivity contribution in [2.75, 3.05) is 0 Å². The Bertz CT molecular complexity index is 2310. The quantitative estimate of drug-likeness (QED) is 0.191. The second-order valence-corrected chi connectivity index (χ2v) is 12.2. The minimum atomic E-state index is 0.754. The normalized spacial score (nSPS) is 13.1. The molecule has 1 fully saturated rings. The molecule has 2 nitrogen and oxygen atoms in total. The Hall–Kier alpha value is -5.60. The second kappa shape index (κ2) is 10.5. The van der Waals surface area contributed by atoms with Gasteiger partial charge in [-0.3, -0.25) is 9.97 Å². The van der Waals surface area contributed by atoms with Crippen LogP contribution in [0.1, 0.15) is 24.3 Å². The van der Waals surface area contributed by atoms with E-state index < -0.39 is 0 Å². The molecule has 0 unspecified atom stereocenters. The Morgan fingerprint density at radius 2 is 0.956 bits per heavy atom. The zero-order chi connectivity index (χ0) is 29.7. The van der Waals surface area contributed by atoms with E-state index in [2.05, 4.69) is 131 Å². The number of pyridine rings is 2. The molecule has 1 aliphatic carbocycles. The maximum Gasteiger partial charge on any atom is 0.0347 e. The summed E-state index contributed by atoms with van der Waals surface area (Å²) in [5.41, 5.74) is 11.0. The fraction of sp³-hybridized carbons (Fsp3) is 0.0698. The van der Waals surface area contributed by atoms with E-state index in [4.69, 9.17) is 0 Å². The molecule has 9 rings (SSSR count). The summed E-state index contributed by atoms with van der Waals surface area (Å²) in [6, 6.07) is 47.0. The van der Waals surface area contributed by atoms with Crippen molar-refractivity contribution in [2.45, 2.75) is 18.8 Å². The summed E-state index contributed by atoms with van der Waals surface area (Å²) in [6.07, 6.45) is 10.2. The summed E-state index contributed by atoms with van der Waals surface area (Å²) in [7, 11) is 0. The first-order valence-corrected chi connectivity index (χ1v) is 15.7. The van der Waals surface area contributed by atoms with Crippen LogP contribution in [0.15, 0.2) is 152 Å². The number of benzene rings is 6. The van der Waals surface area contributed by atoms with E-state index in [0.717, 1.165) is 28.2 Å². The van der Waals surface area contributed by atoms with Gasteiger partial charge in [0, 0.05) is 41.5 Å². The lowest BCUT2D eigenvalue weighted by Gasteiger charge is -2.18. The highest BCUT2D eigenvalue weighted by atomic mass is 14.6. The third-order valence-electron chi connectivity index (χ3n) is 9.37. The third kappa shape index (κ3) is 4.58. The van der Waals surface area contributed by atoms with E-state index in [1.807, 2.05) is 24.7 Å². The van der Waals surface area contributed by atoms with Crippen LogP contribution >= 0.6 is 0 Å². The summed E-state index contributed by atoms with van der Waals surface area (Å²) < 4.78 is 0. The van der Waals surface area contributed by atoms with Gasteiger partial charge in [-0.05, 0) is 109 Å². The van der Waals surface area contributed by atoms with Crippen LogP contribution in [0.2, 0.25) is 0 Å². The number of fused-ring (bicyclic) bond motifs is 3. The molecule has 0 radical (unpaired) electrons. The number of aromatic nitrogens is 2. The number of nitrogens with zero attached hydrogens (tertiary/aromatic N) is 2. The molecule has 0 N–H and O–H groups in total. The van der Waals surface area contributed by atoms with E-state index >= 15 is 0 Å². The molecule has 1 aliphatic rings. The number of hydrogen-bond donors (Lipinski definition) is 0. The summed E-state index contributed by atoms with van der Waals surface area (Å²) in [6.45, 7) is 0. The van der Waals surface area contributed by atoms with Crippen molar-refractivity contribution in [3.63, 3.8) is 0 Å². The molecule has 2 heteroatoms. The van der Waals surface area contributed by atoms with Crippen LogP contribution in [0.4, 0.5) is 0 Å². The fourth-order valence-corrected chi connectivity index (χ4v) is 6.96. The monoisotopic (exact) mass is 574 g/mol. The van der Waals surface area contributed by atoms with Gasteiger partial charge in [-0.15, -0.1) is 0 Å². The van der Waals surface area contributed by atoms with Crippen LogP contribution in [-0.4, -0.2) is 9.97 Å². The van der Waals surface area contributed by atoms with Crippen molar-refractivity contribution >= 4 is 32.3 Å². The SMILES string of the molecule is c1cncc(-c2cncc(-c3ccc4ccc(-c5c6ccccc6c(-c6ccc(C7CC7)cc6)c6ccccc56)cc4c3)c2)c1. The van der Waals surface area contributed by atoms with Crippen molar-refractivity contribution in [1.29, 1.82) is 0 Å². The van der Waals surface area contributed by atoms with Crippen LogP contribution < -0.4 is 0 Å². The van der Waals surface area contributed by atoms with Crippen LogP contribution in [0, 0.1) is 0 Å². The standard InChI is InChI=1S/C43H30N2/c1-3-9-40-38(7-1)42(31-17-13-29(14-18-31)28-11-12-28)39-8-2-4-10-41(39)43(40)33-20-16-30-15-19-32(22-35(30)23-33)36-24-37(27-45-26-36)34-6-5-21-44-25-34/h1-10,13-28H,11-12H2. The van der Waals surface area contributed by atoms with E-state index in [9.17, 15) is 0 Å². The molecule has 2 aromatic heterocycles. The lowest BCUT2D eigenvalue weighted by molar-refractivity contribution is 1.13. The van der Waals surface area contributed by atoms with E-state index in [1.165, 1.54) is 73.0 Å². The molecule has 0 bridgehead atoms. The molecular formula is C43H30N2. The summed E-state index contributed by atoms with van der Waals surface area (Å²) in [5, 5.41) is 7.57. The highest BCUT2D eigenvalue weighted by molar-refractivity contribution is 6.21. The molecular weight excluding hydrogens is 544 g/mol. The minimum absolute atomic E-state index is 0.754. The molecule has 2 heterocycles. The van der Waals surface area contributed by atoms with Gasteiger partial charge in [0.1, 0.15) is 0 Å². The van der Waals surface area contributed by atoms with Gasteiger partial charge in [-0.1, -0.05) is 103 Å². The molecule has 0 atom stereocenters. The van der Waals surface area contributed by atoms with Crippen molar-refractivity contribution in [1.82, 2.24) is 9.97 Å². The van der Waals surface area contributed by atoms with Gasteiger partial charge < -0.3 is 0 Å². The number of rotatable bonds is 5. The van der Waals surface area contributed by atoms with Gasteiger partial charge in [-0.2, -0.15) is 0 Å². The van der Waals surface area contributed by atoms with Gasteiger partial charge in [-0.25, -0.2) is 0 Å². The highest BCUT2D eigenvalue weighted by Crippen LogP contribution is 2.45. The van der Waals surface area contributed by atoms with Gasteiger partial charge in [0.15, 0.2) is 0 Å². The third-order valence-corrected chi connectivity index (χ3v) is 9.37. The highest BCUT2D eigenvalue weighted by Gasteiger charge is 2.23. The predicted octanol–water partition coefficient (Wildman–Crippen LogP) is 11.5. The maximum absolute atomic E-state index is 4.57. The van der Waals surface area contributed by atoms with E-state index in [0.29, 0.717) is 0 Å². The Kier molecular flexibility index (Phi) is 6.05. The van der Waals surface area contributed by atoms with E-state index in [1.54, 1.807) is 6.20 Å². The molecule has 8 aromatic rings. The first-order valence-electron chi connectivity index (χ1n) is 15.7. The van der Waals surface area contributed by atoms with Crippen molar-refractivity contribution < 1.29 is 0 Å². The van der Waals surface area contributed by atoms with Crippen molar-refractivity contribution in [3.05, 3.63) is 158 Å². The molecule has 0 amide bonds. The van der Waals surface area contributed by atoms with Gasteiger partial charge >= 0.3 is 0 Å². The maximum atomic E-state index is 4.57. The molecule has 0 aliphatic heterocycles. The van der Waals surface area contributed by atoms with Crippen LogP contribution in [0.25, 0.3) is 76.8 Å². The molecule has 0 spiro atoms. The lowest BCUT2D eigenvalue weighted by atomic mass is 9.85. The average Bonchev–Trinajstić information content (AvgIpc) is 3.97. The molecule has 6 aromatic carbocycles. The van der Waals surface area contributed by atoms with Crippen LogP contribution in [0.5, 0.6) is 0 Å². The summed E-state index contributed by atoms with van der Waals surface area (Å²) in [4.78, 5) is 8.87. The van der Waals surface area contributed by atoms with E-state index in [-0.39, 0.29) is 0 Å². The Balaban J connectivity index is 1.21. The Labute approximate surface area is 262 Å². The van der Waals surface area contributed by atoms with Crippen molar-refractivity contribution in [3.8, 4) is 44.5 Å². The molecule has 1 saturated carbocycles. The predicted molar refractivity (Wildman–Crippen MR) is 188 cm³/mol. The fourth-order valence-electron chi connectivity index (χ4n) is 6.96. The lowest BCUT2D eigenvalue weighted by Crippen LogP contribution is -1.91. The zero-order valence-corrected chi connectivity index (χ0v) is 24.8. The van der Waals surface area contributed by atoms with Crippen LogP contribution in [-0.2, 0) is 0 Å². The van der Waals surface area contributed by atoms with Crippen LogP contribution in [0.3, 0.4) is 0 Å². The summed E-state index contributed by atoms with van der Waals surface area (Å²) in [5.74, 6) is 0.754. The minimum Gasteiger partial charge on any atom is -0.264 e. The van der Waals surface area contributed by atoms with Gasteiger partial charge in [0.05, 0.1) is 0 Å². The first kappa shape index (κ1) is 25.9. The summed E-state index contributed by atoms with van der Waals surface area (Å²) >= 11 is 0. The molecule has 212 valence electrons. The smallest absolute Gasteiger partial charge is 0.0347 e. The second-order valence-electron chi connectivity index (χ2n) is 12.2. The molecule has 0 saturated heterocycles. The Morgan fingerprint density at radius 1 is 0.400 bits per heavy atom.